The number of aliphatic imine (C=N–C) groups is 1. The molecule has 0 radical (unpaired) electrons. The van der Waals surface area contributed by atoms with Crippen LogP contribution in [-0.4, -0.2) is 37.3 Å². The fourth-order valence-corrected chi connectivity index (χ4v) is 2.67. The van der Waals surface area contributed by atoms with E-state index in [0.717, 1.165) is 38.3 Å². The van der Waals surface area contributed by atoms with Crippen LogP contribution in [0.3, 0.4) is 0 Å². The molecule has 122 valence electrons. The van der Waals surface area contributed by atoms with Crippen molar-refractivity contribution in [3.63, 3.8) is 0 Å². The lowest BCUT2D eigenvalue weighted by atomic mass is 10.1. The summed E-state index contributed by atoms with van der Waals surface area (Å²) in [5, 5.41) is 16.0. The van der Waals surface area contributed by atoms with Gasteiger partial charge in [-0.05, 0) is 45.6 Å². The highest BCUT2D eigenvalue weighted by Gasteiger charge is 2.41. The Morgan fingerprint density at radius 3 is 2.41 bits per heavy atom. The Hall–Kier alpha value is -1.55. The lowest BCUT2D eigenvalue weighted by Crippen LogP contribution is -2.39. The zero-order valence-electron chi connectivity index (χ0n) is 14.1. The highest BCUT2D eigenvalue weighted by molar-refractivity contribution is 5.79. The number of hydrogen-bond donors (Lipinski definition) is 3. The molecular weight excluding hydrogens is 274 g/mol. The molecule has 0 aromatic heterocycles. The second kappa shape index (κ2) is 7.63. The van der Waals surface area contributed by atoms with Crippen LogP contribution in [0.25, 0.3) is 0 Å². The molecule has 0 bridgehead atoms. The van der Waals surface area contributed by atoms with Crippen LogP contribution >= 0.6 is 0 Å². The standard InChI is InChI=1S/C18H29N3O/c1-4-19-17(21-12-18(13-22)6-7-18)20-8-5-16-10-14(2)9-15(3)11-16/h9-11,22H,4-8,12-13H2,1-3H3,(H2,19,20,21). The fraction of sp³-hybridized carbons (Fsp3) is 0.611. The topological polar surface area (TPSA) is 56.7 Å². The molecule has 1 aliphatic carbocycles. The Morgan fingerprint density at radius 2 is 1.86 bits per heavy atom. The number of aryl methyl sites for hydroxylation is 2. The highest BCUT2D eigenvalue weighted by atomic mass is 16.3. The van der Waals surface area contributed by atoms with Crippen LogP contribution in [0.2, 0.25) is 0 Å². The molecule has 4 nitrogen and oxygen atoms in total. The van der Waals surface area contributed by atoms with Crippen LogP contribution in [0.4, 0.5) is 0 Å². The Kier molecular flexibility index (Phi) is 5.83. The van der Waals surface area contributed by atoms with Crippen LogP contribution in [0.15, 0.2) is 23.2 Å². The van der Waals surface area contributed by atoms with Gasteiger partial charge in [0.25, 0.3) is 0 Å². The Balaban J connectivity index is 1.84. The van der Waals surface area contributed by atoms with Crippen molar-refractivity contribution in [3.8, 4) is 0 Å². The van der Waals surface area contributed by atoms with Gasteiger partial charge in [0.15, 0.2) is 5.96 Å². The first-order valence-electron chi connectivity index (χ1n) is 8.27. The van der Waals surface area contributed by atoms with Crippen LogP contribution in [0, 0.1) is 19.3 Å². The van der Waals surface area contributed by atoms with Gasteiger partial charge in [-0.15, -0.1) is 0 Å². The highest BCUT2D eigenvalue weighted by Crippen LogP contribution is 2.45. The van der Waals surface area contributed by atoms with E-state index >= 15 is 0 Å². The number of hydrogen-bond acceptors (Lipinski definition) is 2. The molecule has 1 aromatic rings. The van der Waals surface area contributed by atoms with Crippen LogP contribution in [0.1, 0.15) is 36.5 Å². The molecule has 3 N–H and O–H groups in total. The molecule has 0 heterocycles. The molecule has 1 saturated carbocycles. The van der Waals surface area contributed by atoms with Crippen molar-refractivity contribution in [3.05, 3.63) is 34.9 Å². The van der Waals surface area contributed by atoms with E-state index in [1.165, 1.54) is 16.7 Å². The van der Waals surface area contributed by atoms with E-state index in [2.05, 4.69) is 54.6 Å². The van der Waals surface area contributed by atoms with Gasteiger partial charge >= 0.3 is 0 Å². The van der Waals surface area contributed by atoms with Gasteiger partial charge < -0.3 is 15.7 Å². The monoisotopic (exact) mass is 303 g/mol. The maximum absolute atomic E-state index is 9.37. The first kappa shape index (κ1) is 16.8. The summed E-state index contributed by atoms with van der Waals surface area (Å²) in [7, 11) is 0. The Labute approximate surface area is 134 Å². The predicted molar refractivity (Wildman–Crippen MR) is 92.4 cm³/mol. The van der Waals surface area contributed by atoms with E-state index in [9.17, 15) is 5.11 Å². The summed E-state index contributed by atoms with van der Waals surface area (Å²) in [6.45, 7) is 9.02. The molecule has 0 spiro atoms. The second-order valence-electron chi connectivity index (χ2n) is 6.53. The summed E-state index contributed by atoms with van der Waals surface area (Å²) >= 11 is 0. The van der Waals surface area contributed by atoms with E-state index in [-0.39, 0.29) is 12.0 Å². The third-order valence-corrected chi connectivity index (χ3v) is 4.20. The molecule has 0 aliphatic heterocycles. The van der Waals surface area contributed by atoms with Crippen molar-refractivity contribution in [1.82, 2.24) is 10.6 Å². The van der Waals surface area contributed by atoms with Crippen molar-refractivity contribution in [2.75, 3.05) is 26.2 Å². The molecule has 0 unspecified atom stereocenters. The van der Waals surface area contributed by atoms with E-state index < -0.39 is 0 Å². The zero-order valence-corrected chi connectivity index (χ0v) is 14.1. The Bertz CT molecular complexity index is 501. The number of nitrogens with zero attached hydrogens (tertiary/aromatic N) is 1. The number of benzene rings is 1. The van der Waals surface area contributed by atoms with Crippen molar-refractivity contribution >= 4 is 5.96 Å². The van der Waals surface area contributed by atoms with E-state index in [0.29, 0.717) is 6.54 Å². The summed E-state index contributed by atoms with van der Waals surface area (Å²) < 4.78 is 0. The minimum Gasteiger partial charge on any atom is -0.396 e. The van der Waals surface area contributed by atoms with Crippen LogP contribution < -0.4 is 10.6 Å². The minimum atomic E-state index is 0.0655. The van der Waals surface area contributed by atoms with E-state index in [1.807, 2.05) is 0 Å². The molecule has 1 fully saturated rings. The molecule has 1 aliphatic rings. The third-order valence-electron chi connectivity index (χ3n) is 4.20. The summed E-state index contributed by atoms with van der Waals surface area (Å²) in [6, 6.07) is 6.68. The quantitative estimate of drug-likeness (QED) is 0.534. The number of guanidine groups is 1. The predicted octanol–water partition coefficient (Wildman–Crippen LogP) is 2.17. The van der Waals surface area contributed by atoms with Gasteiger partial charge in [-0.25, -0.2) is 0 Å². The largest absolute Gasteiger partial charge is 0.396 e. The molecule has 0 atom stereocenters. The van der Waals surface area contributed by atoms with Gasteiger partial charge in [-0.3, -0.25) is 4.99 Å². The molecule has 0 amide bonds. The molecule has 22 heavy (non-hydrogen) atoms. The molecule has 0 saturated heterocycles. The van der Waals surface area contributed by atoms with E-state index in [4.69, 9.17) is 0 Å². The first-order chi connectivity index (χ1) is 10.6. The molecule has 1 aromatic carbocycles. The lowest BCUT2D eigenvalue weighted by molar-refractivity contribution is 0.217. The van der Waals surface area contributed by atoms with Gasteiger partial charge in [0.2, 0.25) is 0 Å². The SMILES string of the molecule is CCNC(=NCC1(CO)CC1)NCCc1cc(C)cc(C)c1. The molecular formula is C18H29N3O. The maximum atomic E-state index is 9.37. The van der Waals surface area contributed by atoms with Crippen molar-refractivity contribution in [1.29, 1.82) is 0 Å². The number of aliphatic hydroxyl groups excluding tert-OH is 1. The summed E-state index contributed by atoms with van der Waals surface area (Å²) in [4.78, 5) is 4.62. The van der Waals surface area contributed by atoms with Crippen molar-refractivity contribution in [2.45, 2.75) is 40.0 Å². The Morgan fingerprint density at radius 1 is 1.18 bits per heavy atom. The smallest absolute Gasteiger partial charge is 0.191 e. The average molecular weight is 303 g/mol. The maximum Gasteiger partial charge on any atom is 0.191 e. The number of nitrogens with one attached hydrogen (secondary N) is 2. The second-order valence-corrected chi connectivity index (χ2v) is 6.53. The minimum absolute atomic E-state index is 0.0655. The normalized spacial score (nSPS) is 16.5. The van der Waals surface area contributed by atoms with Crippen molar-refractivity contribution in [2.24, 2.45) is 10.4 Å². The average Bonchev–Trinajstić information content (AvgIpc) is 3.24. The van der Waals surface area contributed by atoms with Gasteiger partial charge in [0.05, 0.1) is 13.2 Å². The summed E-state index contributed by atoms with van der Waals surface area (Å²) in [6.07, 6.45) is 3.17. The van der Waals surface area contributed by atoms with Gasteiger partial charge in [0.1, 0.15) is 0 Å². The van der Waals surface area contributed by atoms with Crippen LogP contribution in [0.5, 0.6) is 0 Å². The fourth-order valence-electron chi connectivity index (χ4n) is 2.67. The first-order valence-corrected chi connectivity index (χ1v) is 8.27. The van der Waals surface area contributed by atoms with Gasteiger partial charge in [0, 0.05) is 18.5 Å². The zero-order chi connectivity index (χ0) is 16.0. The summed E-state index contributed by atoms with van der Waals surface area (Å²) in [5.74, 6) is 0.853. The molecule has 2 rings (SSSR count). The van der Waals surface area contributed by atoms with Crippen LogP contribution in [-0.2, 0) is 6.42 Å². The summed E-state index contributed by atoms with van der Waals surface area (Å²) in [5.41, 5.74) is 4.05. The number of rotatable bonds is 7. The van der Waals surface area contributed by atoms with E-state index in [1.54, 1.807) is 0 Å². The lowest BCUT2D eigenvalue weighted by Gasteiger charge is -2.14. The van der Waals surface area contributed by atoms with Gasteiger partial charge in [-0.1, -0.05) is 29.3 Å². The van der Waals surface area contributed by atoms with Gasteiger partial charge in [-0.2, -0.15) is 0 Å². The van der Waals surface area contributed by atoms with Crippen molar-refractivity contribution < 1.29 is 5.11 Å². The third kappa shape index (κ3) is 5.02. The number of aliphatic hydroxyl groups is 1. The molecule has 4 heteroatoms.